The molecule has 122 valence electrons. The average molecular weight is 304 g/mol. The van der Waals surface area contributed by atoms with Crippen LogP contribution in [0.3, 0.4) is 0 Å². The monoisotopic (exact) mass is 304 g/mol. The summed E-state index contributed by atoms with van der Waals surface area (Å²) in [6.07, 6.45) is 2.20. The van der Waals surface area contributed by atoms with Crippen molar-refractivity contribution in [1.82, 2.24) is 4.90 Å². The molecule has 1 heterocycles. The highest BCUT2D eigenvalue weighted by molar-refractivity contribution is 5.66. The molecule has 3 fully saturated rings. The Morgan fingerprint density at radius 1 is 1.41 bits per heavy atom. The molecule has 0 unspecified atom stereocenters. The van der Waals surface area contributed by atoms with Gasteiger partial charge < -0.3 is 4.74 Å². The molecule has 0 spiro atoms. The van der Waals surface area contributed by atoms with E-state index in [2.05, 4.69) is 38.8 Å². The molecule has 0 aromatic rings. The Balaban J connectivity index is 2.09. The van der Waals surface area contributed by atoms with E-state index in [0.717, 1.165) is 13.0 Å². The van der Waals surface area contributed by atoms with Gasteiger partial charge in [-0.25, -0.2) is 0 Å². The number of nitriles is 1. The Hall–Kier alpha value is -1.08. The van der Waals surface area contributed by atoms with Gasteiger partial charge in [0.2, 0.25) is 0 Å². The van der Waals surface area contributed by atoms with E-state index in [1.807, 2.05) is 0 Å². The highest BCUT2D eigenvalue weighted by Gasteiger charge is 2.67. The van der Waals surface area contributed by atoms with Gasteiger partial charge in [-0.05, 0) is 43.1 Å². The maximum absolute atomic E-state index is 11.7. The second-order valence-electron chi connectivity index (χ2n) is 8.18. The summed E-state index contributed by atoms with van der Waals surface area (Å²) >= 11 is 0. The zero-order valence-electron chi connectivity index (χ0n) is 14.4. The second-order valence-corrected chi connectivity index (χ2v) is 8.18. The van der Waals surface area contributed by atoms with Crippen LogP contribution in [-0.4, -0.2) is 36.6 Å². The summed E-state index contributed by atoms with van der Waals surface area (Å²) in [7, 11) is 2.16. The van der Waals surface area contributed by atoms with Crippen molar-refractivity contribution < 1.29 is 9.53 Å². The van der Waals surface area contributed by atoms with Crippen molar-refractivity contribution in [2.75, 3.05) is 13.6 Å². The number of likely N-dealkylation sites (tertiary alicyclic amines) is 1. The van der Waals surface area contributed by atoms with E-state index >= 15 is 0 Å². The number of hydrogen-bond acceptors (Lipinski definition) is 4. The molecule has 0 amide bonds. The fourth-order valence-electron chi connectivity index (χ4n) is 6.15. The second kappa shape index (κ2) is 5.23. The summed E-state index contributed by atoms with van der Waals surface area (Å²) in [6, 6.07) is 2.86. The molecule has 2 aliphatic carbocycles. The minimum atomic E-state index is -0.218. The van der Waals surface area contributed by atoms with Crippen LogP contribution in [0.5, 0.6) is 0 Å². The fraction of sp³-hybridized carbons (Fsp3) is 0.889. The summed E-state index contributed by atoms with van der Waals surface area (Å²) in [6.45, 7) is 9.23. The molecule has 1 saturated heterocycles. The van der Waals surface area contributed by atoms with Crippen molar-refractivity contribution >= 4 is 5.97 Å². The first-order valence-corrected chi connectivity index (χ1v) is 8.59. The Bertz CT molecular complexity index is 512. The number of hydrogen-bond donors (Lipinski definition) is 0. The Kier molecular flexibility index (Phi) is 3.76. The van der Waals surface area contributed by atoms with Gasteiger partial charge in [0.05, 0.1) is 18.0 Å². The van der Waals surface area contributed by atoms with Crippen LogP contribution in [0.2, 0.25) is 0 Å². The minimum Gasteiger partial charge on any atom is -0.461 e. The van der Waals surface area contributed by atoms with Gasteiger partial charge in [-0.1, -0.05) is 20.8 Å². The molecule has 0 bridgehead atoms. The number of nitrogens with zero attached hydrogens (tertiary/aromatic N) is 2. The number of ether oxygens (including phenoxy) is 1. The van der Waals surface area contributed by atoms with E-state index in [0.29, 0.717) is 17.8 Å². The zero-order chi connectivity index (χ0) is 16.2. The molecule has 7 atom stereocenters. The molecule has 0 radical (unpaired) electrons. The third kappa shape index (κ3) is 1.94. The lowest BCUT2D eigenvalue weighted by Gasteiger charge is -2.53. The highest BCUT2D eigenvalue weighted by Crippen LogP contribution is 2.64. The van der Waals surface area contributed by atoms with Crippen LogP contribution in [-0.2, 0) is 9.53 Å². The molecule has 0 N–H and O–H groups in total. The molecule has 0 aromatic carbocycles. The van der Waals surface area contributed by atoms with Gasteiger partial charge in [-0.2, -0.15) is 5.26 Å². The molecular weight excluding hydrogens is 276 g/mol. The maximum Gasteiger partial charge on any atom is 0.302 e. The van der Waals surface area contributed by atoms with Crippen molar-refractivity contribution in [3.63, 3.8) is 0 Å². The van der Waals surface area contributed by atoms with Gasteiger partial charge >= 0.3 is 5.97 Å². The van der Waals surface area contributed by atoms with Crippen LogP contribution in [0, 0.1) is 46.3 Å². The van der Waals surface area contributed by atoms with Crippen molar-refractivity contribution in [3.8, 4) is 6.07 Å². The normalized spacial score (nSPS) is 47.3. The standard InChI is InChI=1S/C18H28N2O2/c1-10(2)15-13(8-19)14-7-6-12-9-20(5)17(18(12,14)4)16(15)22-11(3)21/h10,12-17H,6-7,9H2,1-5H3/t12-,13+,14+,15+,16-,17-,18+/m1/s1. The lowest BCUT2D eigenvalue weighted by Crippen LogP contribution is -2.61. The molecule has 0 aromatic heterocycles. The fourth-order valence-corrected chi connectivity index (χ4v) is 6.15. The minimum absolute atomic E-state index is 0.00194. The smallest absolute Gasteiger partial charge is 0.302 e. The topological polar surface area (TPSA) is 53.3 Å². The summed E-state index contributed by atoms with van der Waals surface area (Å²) in [5.74, 6) is 1.33. The average Bonchev–Trinajstić information content (AvgIpc) is 2.86. The Labute approximate surface area is 133 Å². The van der Waals surface area contributed by atoms with Gasteiger partial charge in [-0.3, -0.25) is 9.69 Å². The van der Waals surface area contributed by atoms with Crippen LogP contribution in [0.4, 0.5) is 0 Å². The number of likely N-dealkylation sites (N-methyl/N-ethyl adjacent to an activating group) is 1. The van der Waals surface area contributed by atoms with Gasteiger partial charge in [0, 0.05) is 19.4 Å². The van der Waals surface area contributed by atoms with Gasteiger partial charge in [0.25, 0.3) is 0 Å². The van der Waals surface area contributed by atoms with E-state index in [4.69, 9.17) is 4.74 Å². The first-order chi connectivity index (χ1) is 10.3. The number of rotatable bonds is 2. The van der Waals surface area contributed by atoms with Crippen molar-refractivity contribution in [1.29, 1.82) is 5.26 Å². The summed E-state index contributed by atoms with van der Waals surface area (Å²) in [5, 5.41) is 9.88. The molecule has 2 saturated carbocycles. The highest BCUT2D eigenvalue weighted by atomic mass is 16.5. The first kappa shape index (κ1) is 15.8. The Morgan fingerprint density at radius 2 is 2.09 bits per heavy atom. The predicted octanol–water partition coefficient (Wildman–Crippen LogP) is 2.69. The van der Waals surface area contributed by atoms with E-state index in [1.54, 1.807) is 0 Å². The van der Waals surface area contributed by atoms with Crippen LogP contribution in [0.25, 0.3) is 0 Å². The lowest BCUT2D eigenvalue weighted by molar-refractivity contribution is -0.170. The van der Waals surface area contributed by atoms with Gasteiger partial charge in [0.15, 0.2) is 0 Å². The summed E-state index contributed by atoms with van der Waals surface area (Å²) < 4.78 is 5.84. The molecule has 1 aliphatic heterocycles. The van der Waals surface area contributed by atoms with Crippen LogP contribution in [0.1, 0.15) is 40.5 Å². The SMILES string of the molecule is CC(=O)O[C@@H]1[C@@H](C(C)C)[C@@H](C#N)[C@@H]2CC[C@@H]3CN(C)[C@H]1[C@@]32C. The van der Waals surface area contributed by atoms with E-state index < -0.39 is 0 Å². The molecule has 3 rings (SSSR count). The first-order valence-electron chi connectivity index (χ1n) is 8.59. The third-order valence-corrected chi connectivity index (χ3v) is 6.88. The van der Waals surface area contributed by atoms with Crippen molar-refractivity contribution in [2.24, 2.45) is 35.0 Å². The number of esters is 1. The number of carbonyl (C=O) groups is 1. The Morgan fingerprint density at radius 3 is 2.64 bits per heavy atom. The summed E-state index contributed by atoms with van der Waals surface area (Å²) in [4.78, 5) is 14.1. The van der Waals surface area contributed by atoms with Crippen LogP contribution in [0.15, 0.2) is 0 Å². The molecule has 3 aliphatic rings. The predicted molar refractivity (Wildman–Crippen MR) is 83.7 cm³/mol. The van der Waals surface area contributed by atoms with Crippen molar-refractivity contribution in [3.05, 3.63) is 0 Å². The van der Waals surface area contributed by atoms with Crippen LogP contribution < -0.4 is 0 Å². The van der Waals surface area contributed by atoms with E-state index in [-0.39, 0.29) is 35.4 Å². The third-order valence-electron chi connectivity index (χ3n) is 6.88. The summed E-state index contributed by atoms with van der Waals surface area (Å²) in [5.41, 5.74) is 0.112. The van der Waals surface area contributed by atoms with Gasteiger partial charge in [-0.15, -0.1) is 0 Å². The maximum atomic E-state index is 11.7. The molecule has 22 heavy (non-hydrogen) atoms. The van der Waals surface area contributed by atoms with E-state index in [1.165, 1.54) is 13.3 Å². The largest absolute Gasteiger partial charge is 0.461 e. The van der Waals surface area contributed by atoms with Crippen LogP contribution >= 0.6 is 0 Å². The zero-order valence-corrected chi connectivity index (χ0v) is 14.4. The molecular formula is C18H28N2O2. The van der Waals surface area contributed by atoms with Gasteiger partial charge in [0.1, 0.15) is 6.10 Å². The van der Waals surface area contributed by atoms with E-state index in [9.17, 15) is 10.1 Å². The molecule has 4 nitrogen and oxygen atoms in total. The quantitative estimate of drug-likeness (QED) is 0.736. The van der Waals surface area contributed by atoms with Crippen molar-refractivity contribution in [2.45, 2.75) is 52.7 Å². The lowest BCUT2D eigenvalue weighted by atomic mass is 9.54. The molecule has 4 heteroatoms. The number of carbonyl (C=O) groups excluding carboxylic acids is 1.